The molecule has 1 aliphatic heterocycles. The maximum absolute atomic E-state index is 11.5. The first-order valence-electron chi connectivity index (χ1n) is 10.5. The Hall–Kier alpha value is -2.44. The normalized spacial score (nSPS) is 17.3. The Bertz CT molecular complexity index is 1040. The van der Waals surface area contributed by atoms with E-state index in [4.69, 9.17) is 4.98 Å². The molecule has 6 heteroatoms. The minimum Gasteiger partial charge on any atom is -0.368 e. The highest BCUT2D eigenvalue weighted by molar-refractivity contribution is 7.22. The molecule has 0 aliphatic carbocycles. The number of thiazole rings is 1. The van der Waals surface area contributed by atoms with Crippen LogP contribution in [-0.4, -0.2) is 30.5 Å². The number of carbonyl (C=O) groups is 1. The number of fused-ring (bicyclic) bond motifs is 1. The summed E-state index contributed by atoms with van der Waals surface area (Å²) < 4.78 is 1.12. The van der Waals surface area contributed by atoms with Gasteiger partial charge in [-0.1, -0.05) is 62.4 Å². The third-order valence-corrected chi connectivity index (χ3v) is 6.29. The lowest BCUT2D eigenvalue weighted by Crippen LogP contribution is -2.46. The van der Waals surface area contributed by atoms with Gasteiger partial charge in [-0.25, -0.2) is 4.98 Å². The van der Waals surface area contributed by atoms with Crippen LogP contribution in [0.15, 0.2) is 42.5 Å². The largest absolute Gasteiger partial charge is 0.368 e. The summed E-state index contributed by atoms with van der Waals surface area (Å²) in [5.74, 6) is -0.0838. The van der Waals surface area contributed by atoms with Gasteiger partial charge in [-0.3, -0.25) is 4.79 Å². The second-order valence-corrected chi connectivity index (χ2v) is 10.2. The van der Waals surface area contributed by atoms with Gasteiger partial charge >= 0.3 is 0 Å². The highest BCUT2D eigenvalue weighted by Gasteiger charge is 2.26. The molecule has 0 bridgehead atoms. The molecule has 1 aromatic heterocycles. The Kier molecular flexibility index (Phi) is 5.80. The summed E-state index contributed by atoms with van der Waals surface area (Å²) in [6, 6.07) is 15.4. The maximum Gasteiger partial charge on any atom is 0.223 e. The number of piperazine rings is 1. The van der Waals surface area contributed by atoms with Crippen molar-refractivity contribution in [2.24, 2.45) is 5.41 Å². The molecule has 5 nitrogen and oxygen atoms in total. The lowest BCUT2D eigenvalue weighted by atomic mass is 9.86. The number of benzene rings is 2. The van der Waals surface area contributed by atoms with Crippen molar-refractivity contribution in [2.45, 2.75) is 40.2 Å². The molecule has 158 valence electrons. The first-order valence-corrected chi connectivity index (χ1v) is 11.3. The van der Waals surface area contributed by atoms with Crippen LogP contribution in [0.4, 0.5) is 10.8 Å². The van der Waals surface area contributed by atoms with Gasteiger partial charge in [0.2, 0.25) is 5.91 Å². The Morgan fingerprint density at radius 3 is 2.70 bits per heavy atom. The molecule has 1 fully saturated rings. The topological polar surface area (TPSA) is 57.3 Å². The molecule has 1 atom stereocenters. The van der Waals surface area contributed by atoms with Gasteiger partial charge in [-0.05, 0) is 29.5 Å². The van der Waals surface area contributed by atoms with Gasteiger partial charge in [0.15, 0.2) is 5.13 Å². The van der Waals surface area contributed by atoms with Crippen molar-refractivity contribution in [3.05, 3.63) is 53.6 Å². The van der Waals surface area contributed by atoms with E-state index in [-0.39, 0.29) is 11.3 Å². The molecular weight excluding hydrogens is 392 g/mol. The standard InChI is InChI=1S/C24H30N4OS/c1-16(29)26-23-27-22-18(14-24(2,3)4)20(10-11-21(22)30-23)28-13-12-25-19(15-28)17-8-6-5-7-9-17/h5-11,19,25H,12-15H2,1-4H3,(H,26,27,29). The maximum atomic E-state index is 11.5. The first kappa shape index (κ1) is 20.8. The number of amides is 1. The first-order chi connectivity index (χ1) is 14.3. The lowest BCUT2D eigenvalue weighted by Gasteiger charge is -2.37. The third kappa shape index (κ3) is 4.65. The molecule has 1 saturated heterocycles. The molecule has 1 amide bonds. The van der Waals surface area contributed by atoms with Crippen molar-refractivity contribution >= 4 is 38.3 Å². The van der Waals surface area contributed by atoms with E-state index in [0.29, 0.717) is 11.2 Å². The summed E-state index contributed by atoms with van der Waals surface area (Å²) in [6.07, 6.45) is 0.933. The highest BCUT2D eigenvalue weighted by atomic mass is 32.1. The number of anilines is 2. The van der Waals surface area contributed by atoms with Gasteiger partial charge in [0.1, 0.15) is 0 Å². The van der Waals surface area contributed by atoms with E-state index in [1.54, 1.807) is 11.3 Å². The van der Waals surface area contributed by atoms with Crippen LogP contribution in [0.2, 0.25) is 0 Å². The minimum absolute atomic E-state index is 0.0838. The van der Waals surface area contributed by atoms with E-state index in [2.05, 4.69) is 78.8 Å². The van der Waals surface area contributed by atoms with E-state index >= 15 is 0 Å². The smallest absolute Gasteiger partial charge is 0.223 e. The van der Waals surface area contributed by atoms with E-state index < -0.39 is 0 Å². The number of carbonyl (C=O) groups excluding carboxylic acids is 1. The highest BCUT2D eigenvalue weighted by Crippen LogP contribution is 2.38. The molecule has 0 spiro atoms. The van der Waals surface area contributed by atoms with Crippen LogP contribution < -0.4 is 15.5 Å². The molecule has 30 heavy (non-hydrogen) atoms. The lowest BCUT2D eigenvalue weighted by molar-refractivity contribution is -0.114. The molecule has 2 heterocycles. The van der Waals surface area contributed by atoms with Gasteiger partial charge in [0, 0.05) is 43.9 Å². The number of rotatable bonds is 4. The molecule has 2 aromatic carbocycles. The third-order valence-electron chi connectivity index (χ3n) is 5.35. The molecular formula is C24H30N4OS. The molecule has 0 saturated carbocycles. The second kappa shape index (κ2) is 8.36. The van der Waals surface area contributed by atoms with E-state index in [9.17, 15) is 4.79 Å². The van der Waals surface area contributed by atoms with E-state index in [1.165, 1.54) is 23.7 Å². The number of nitrogens with zero attached hydrogens (tertiary/aromatic N) is 2. The van der Waals surface area contributed by atoms with Crippen LogP contribution in [0.3, 0.4) is 0 Å². The Morgan fingerprint density at radius 2 is 2.00 bits per heavy atom. The zero-order chi connectivity index (χ0) is 21.3. The summed E-state index contributed by atoms with van der Waals surface area (Å²) in [5.41, 5.74) is 5.02. The van der Waals surface area contributed by atoms with Crippen molar-refractivity contribution < 1.29 is 4.79 Å². The van der Waals surface area contributed by atoms with Gasteiger partial charge in [0.05, 0.1) is 10.2 Å². The predicted octanol–water partition coefficient (Wildman–Crippen LogP) is 4.99. The summed E-state index contributed by atoms with van der Waals surface area (Å²) >= 11 is 1.54. The van der Waals surface area contributed by atoms with Crippen LogP contribution in [0, 0.1) is 5.41 Å². The fourth-order valence-electron chi connectivity index (χ4n) is 4.12. The van der Waals surface area contributed by atoms with Crippen molar-refractivity contribution in [3.63, 3.8) is 0 Å². The van der Waals surface area contributed by atoms with Crippen LogP contribution in [0.5, 0.6) is 0 Å². The van der Waals surface area contributed by atoms with Crippen LogP contribution in [-0.2, 0) is 11.2 Å². The molecule has 1 unspecified atom stereocenters. The molecule has 0 radical (unpaired) electrons. The Labute approximate surface area is 182 Å². The van der Waals surface area contributed by atoms with Crippen LogP contribution >= 0.6 is 11.3 Å². The summed E-state index contributed by atoms with van der Waals surface area (Å²) in [5, 5.41) is 7.19. The van der Waals surface area contributed by atoms with Crippen molar-refractivity contribution in [2.75, 3.05) is 29.9 Å². The molecule has 2 N–H and O–H groups in total. The van der Waals surface area contributed by atoms with Crippen molar-refractivity contribution in [1.82, 2.24) is 10.3 Å². The molecule has 3 aromatic rings. The Morgan fingerprint density at radius 1 is 1.23 bits per heavy atom. The van der Waals surface area contributed by atoms with E-state index in [1.807, 2.05) is 0 Å². The van der Waals surface area contributed by atoms with Gasteiger partial charge in [-0.2, -0.15) is 0 Å². The quantitative estimate of drug-likeness (QED) is 0.622. The zero-order valence-corrected chi connectivity index (χ0v) is 19.0. The Balaban J connectivity index is 1.73. The SMILES string of the molecule is CC(=O)Nc1nc2c(CC(C)(C)C)c(N3CCNC(c4ccccc4)C3)ccc2s1. The number of hydrogen-bond acceptors (Lipinski definition) is 5. The monoisotopic (exact) mass is 422 g/mol. The zero-order valence-electron chi connectivity index (χ0n) is 18.2. The van der Waals surface area contributed by atoms with Gasteiger partial charge in [-0.15, -0.1) is 0 Å². The fourth-order valence-corrected chi connectivity index (χ4v) is 5.06. The fraction of sp³-hybridized carbons (Fsp3) is 0.417. The molecule has 1 aliphatic rings. The number of hydrogen-bond donors (Lipinski definition) is 2. The van der Waals surface area contributed by atoms with Crippen LogP contribution in [0.1, 0.15) is 44.9 Å². The summed E-state index contributed by atoms with van der Waals surface area (Å²) in [6.45, 7) is 11.2. The van der Waals surface area contributed by atoms with Crippen molar-refractivity contribution in [1.29, 1.82) is 0 Å². The van der Waals surface area contributed by atoms with Gasteiger partial charge < -0.3 is 15.5 Å². The average Bonchev–Trinajstić information content (AvgIpc) is 3.10. The van der Waals surface area contributed by atoms with Gasteiger partial charge in [0.25, 0.3) is 0 Å². The predicted molar refractivity (Wildman–Crippen MR) is 126 cm³/mol. The molecule has 4 rings (SSSR count). The van der Waals surface area contributed by atoms with Crippen molar-refractivity contribution in [3.8, 4) is 0 Å². The summed E-state index contributed by atoms with van der Waals surface area (Å²) in [7, 11) is 0. The summed E-state index contributed by atoms with van der Waals surface area (Å²) in [4.78, 5) is 18.8. The number of nitrogens with one attached hydrogen (secondary N) is 2. The minimum atomic E-state index is -0.0838. The average molecular weight is 423 g/mol. The van der Waals surface area contributed by atoms with Crippen LogP contribution in [0.25, 0.3) is 10.2 Å². The second-order valence-electron chi connectivity index (χ2n) is 9.21. The van der Waals surface area contributed by atoms with E-state index in [0.717, 1.165) is 36.3 Å². The number of aromatic nitrogens is 1.